The maximum Gasteiger partial charge on any atom is 0.227 e. The predicted molar refractivity (Wildman–Crippen MR) is 127 cm³/mol. The van der Waals surface area contributed by atoms with Crippen molar-refractivity contribution in [3.05, 3.63) is 64.9 Å². The fourth-order valence-electron chi connectivity index (χ4n) is 3.87. The Morgan fingerprint density at radius 3 is 2.61 bits per heavy atom. The number of thioether (sulfide) groups is 1. The number of carbonyl (C=O) groups excluding carboxylic acids is 2. The largest absolute Gasteiger partial charge is 0.484 e. The van der Waals surface area contributed by atoms with Gasteiger partial charge in [-0.2, -0.15) is 0 Å². The lowest BCUT2D eigenvalue weighted by Crippen LogP contribution is -2.23. The number of hydrogen-bond donors (Lipinski definition) is 0. The molecule has 5 rings (SSSR count). The molecule has 7 nitrogen and oxygen atoms in total. The number of carbonyl (C=O) groups is 2. The molecule has 1 saturated heterocycles. The molecule has 2 heterocycles. The van der Waals surface area contributed by atoms with Crippen LogP contribution < -0.4 is 9.64 Å². The molecule has 1 aliphatic carbocycles. The van der Waals surface area contributed by atoms with Crippen molar-refractivity contribution in [3.8, 4) is 5.75 Å². The summed E-state index contributed by atoms with van der Waals surface area (Å²) in [7, 11) is 0. The maximum absolute atomic E-state index is 12.8. The van der Waals surface area contributed by atoms with Gasteiger partial charge in [0, 0.05) is 30.3 Å². The van der Waals surface area contributed by atoms with E-state index >= 15 is 0 Å². The highest BCUT2D eigenvalue weighted by Gasteiger charge is 2.30. The van der Waals surface area contributed by atoms with Crippen molar-refractivity contribution >= 4 is 40.7 Å². The van der Waals surface area contributed by atoms with Gasteiger partial charge < -0.3 is 9.64 Å². The Morgan fingerprint density at radius 1 is 1.12 bits per heavy atom. The van der Waals surface area contributed by atoms with Gasteiger partial charge in [-0.15, -0.1) is 10.2 Å². The van der Waals surface area contributed by atoms with Crippen LogP contribution in [0.4, 0.5) is 5.69 Å². The van der Waals surface area contributed by atoms with Crippen LogP contribution in [0.1, 0.15) is 47.9 Å². The van der Waals surface area contributed by atoms with E-state index in [4.69, 9.17) is 16.3 Å². The summed E-state index contributed by atoms with van der Waals surface area (Å²) in [5.74, 6) is 1.75. The van der Waals surface area contributed by atoms with Crippen LogP contribution >= 0.6 is 23.4 Å². The second-order valence-electron chi connectivity index (χ2n) is 8.13. The molecule has 3 aromatic rings. The zero-order chi connectivity index (χ0) is 22.8. The second-order valence-corrected chi connectivity index (χ2v) is 9.48. The fraction of sp³-hybridized carbons (Fsp3) is 0.333. The zero-order valence-corrected chi connectivity index (χ0v) is 19.5. The van der Waals surface area contributed by atoms with Crippen molar-refractivity contribution < 1.29 is 14.3 Å². The molecule has 2 aromatic carbocycles. The molecule has 33 heavy (non-hydrogen) atoms. The summed E-state index contributed by atoms with van der Waals surface area (Å²) in [5, 5.41) is 9.91. The van der Waals surface area contributed by atoms with Crippen molar-refractivity contribution in [2.45, 2.75) is 43.5 Å². The Kier molecular flexibility index (Phi) is 6.37. The first-order valence-corrected chi connectivity index (χ1v) is 12.3. The SMILES string of the molecule is O=C(CSc1nnc(COc2ccccc2Cl)n1C1CC1)c1ccc(N2CCCC2=O)cc1. The van der Waals surface area contributed by atoms with Gasteiger partial charge in [0.05, 0.1) is 10.8 Å². The van der Waals surface area contributed by atoms with Crippen LogP contribution in [0.3, 0.4) is 0 Å². The molecular formula is C24H23ClN4O3S. The number of Topliss-reactive ketones (excluding diaryl/α,β-unsaturated/α-hetero) is 1. The average molecular weight is 483 g/mol. The van der Waals surface area contributed by atoms with E-state index in [2.05, 4.69) is 14.8 Å². The van der Waals surface area contributed by atoms with E-state index < -0.39 is 0 Å². The van der Waals surface area contributed by atoms with Gasteiger partial charge in [0.1, 0.15) is 12.4 Å². The molecule has 9 heteroatoms. The van der Waals surface area contributed by atoms with Crippen LogP contribution in [0, 0.1) is 0 Å². The first-order chi connectivity index (χ1) is 16.1. The molecular weight excluding hydrogens is 460 g/mol. The van der Waals surface area contributed by atoms with E-state index in [1.165, 1.54) is 11.8 Å². The number of para-hydroxylation sites is 1. The minimum Gasteiger partial charge on any atom is -0.484 e. The molecule has 0 radical (unpaired) electrons. The minimum absolute atomic E-state index is 0.0125. The monoisotopic (exact) mass is 482 g/mol. The van der Waals surface area contributed by atoms with Crippen LogP contribution in [0.15, 0.2) is 53.7 Å². The molecule has 1 saturated carbocycles. The number of ether oxygens (including phenoxy) is 1. The van der Waals surface area contributed by atoms with Gasteiger partial charge in [0.2, 0.25) is 5.91 Å². The summed E-state index contributed by atoms with van der Waals surface area (Å²) in [6.45, 7) is 1.000. The first kappa shape index (κ1) is 22.0. The maximum atomic E-state index is 12.8. The first-order valence-electron chi connectivity index (χ1n) is 11.0. The van der Waals surface area contributed by atoms with Gasteiger partial charge in [-0.1, -0.05) is 35.5 Å². The molecule has 170 valence electrons. The average Bonchev–Trinajstić information content (AvgIpc) is 3.45. The van der Waals surface area contributed by atoms with Crippen LogP contribution in [-0.2, 0) is 11.4 Å². The molecule has 2 fully saturated rings. The second kappa shape index (κ2) is 9.57. The normalized spacial score (nSPS) is 15.8. The Morgan fingerprint density at radius 2 is 1.91 bits per heavy atom. The number of nitrogens with zero attached hydrogens (tertiary/aromatic N) is 4. The Bertz CT molecular complexity index is 1180. The Balaban J connectivity index is 1.23. The lowest BCUT2D eigenvalue weighted by Gasteiger charge is -2.15. The molecule has 0 unspecified atom stereocenters. The number of halogens is 1. The van der Waals surface area contributed by atoms with Gasteiger partial charge in [0.25, 0.3) is 0 Å². The molecule has 0 atom stereocenters. The Labute approximate surface area is 201 Å². The molecule has 0 bridgehead atoms. The molecule has 1 aliphatic heterocycles. The fourth-order valence-corrected chi connectivity index (χ4v) is 4.98. The highest BCUT2D eigenvalue weighted by molar-refractivity contribution is 7.99. The number of amides is 1. The van der Waals surface area contributed by atoms with Crippen molar-refractivity contribution in [1.29, 1.82) is 0 Å². The molecule has 0 spiro atoms. The lowest BCUT2D eigenvalue weighted by atomic mass is 10.1. The molecule has 0 N–H and O–H groups in total. The zero-order valence-electron chi connectivity index (χ0n) is 17.9. The smallest absolute Gasteiger partial charge is 0.227 e. The number of benzene rings is 2. The summed E-state index contributed by atoms with van der Waals surface area (Å²) in [6.07, 6.45) is 3.60. The van der Waals surface area contributed by atoms with Crippen molar-refractivity contribution in [1.82, 2.24) is 14.8 Å². The third-order valence-corrected chi connectivity index (χ3v) is 7.00. The third-order valence-electron chi connectivity index (χ3n) is 5.75. The highest BCUT2D eigenvalue weighted by Crippen LogP contribution is 2.39. The highest BCUT2D eigenvalue weighted by atomic mass is 35.5. The van der Waals surface area contributed by atoms with Gasteiger partial charge in [-0.3, -0.25) is 14.2 Å². The summed E-state index contributed by atoms with van der Waals surface area (Å²) >= 11 is 7.57. The number of anilines is 1. The van der Waals surface area contributed by atoms with E-state index in [-0.39, 0.29) is 24.1 Å². The summed E-state index contributed by atoms with van der Waals surface area (Å²) < 4.78 is 7.93. The van der Waals surface area contributed by atoms with Crippen molar-refractivity contribution in [3.63, 3.8) is 0 Å². The van der Waals surface area contributed by atoms with E-state index in [0.717, 1.165) is 42.5 Å². The van der Waals surface area contributed by atoms with E-state index in [1.807, 2.05) is 30.3 Å². The van der Waals surface area contributed by atoms with Crippen LogP contribution in [-0.4, -0.2) is 38.8 Å². The summed E-state index contributed by atoms with van der Waals surface area (Å²) in [6, 6.07) is 14.9. The quantitative estimate of drug-likeness (QED) is 0.317. The van der Waals surface area contributed by atoms with Gasteiger partial charge >= 0.3 is 0 Å². The van der Waals surface area contributed by atoms with Crippen molar-refractivity contribution in [2.24, 2.45) is 0 Å². The molecule has 1 amide bonds. The van der Waals surface area contributed by atoms with Gasteiger partial charge in [0.15, 0.2) is 16.8 Å². The number of hydrogen-bond acceptors (Lipinski definition) is 6. The Hall–Kier alpha value is -2.84. The van der Waals surface area contributed by atoms with E-state index in [0.29, 0.717) is 28.8 Å². The van der Waals surface area contributed by atoms with E-state index in [1.54, 1.807) is 23.1 Å². The van der Waals surface area contributed by atoms with Crippen LogP contribution in [0.2, 0.25) is 5.02 Å². The lowest BCUT2D eigenvalue weighted by molar-refractivity contribution is -0.117. The third kappa shape index (κ3) is 4.91. The summed E-state index contributed by atoms with van der Waals surface area (Å²) in [5.41, 5.74) is 1.47. The number of rotatable bonds is 9. The van der Waals surface area contributed by atoms with Gasteiger partial charge in [-0.05, 0) is 55.7 Å². The summed E-state index contributed by atoms with van der Waals surface area (Å²) in [4.78, 5) is 26.5. The van der Waals surface area contributed by atoms with E-state index in [9.17, 15) is 9.59 Å². The van der Waals surface area contributed by atoms with Gasteiger partial charge in [-0.25, -0.2) is 0 Å². The standard InChI is InChI=1S/C24H23ClN4O3S/c25-19-4-1-2-5-21(19)32-14-22-26-27-24(29(22)18-11-12-18)33-15-20(30)16-7-9-17(10-8-16)28-13-3-6-23(28)31/h1-2,4-5,7-10,18H,3,6,11-15H2. The van der Waals surface area contributed by atoms with Crippen LogP contribution in [0.5, 0.6) is 5.75 Å². The minimum atomic E-state index is 0.0125. The van der Waals surface area contributed by atoms with Crippen molar-refractivity contribution in [2.75, 3.05) is 17.2 Å². The molecule has 2 aliphatic rings. The molecule has 1 aromatic heterocycles. The number of aromatic nitrogens is 3. The van der Waals surface area contributed by atoms with Crippen LogP contribution in [0.25, 0.3) is 0 Å². The topological polar surface area (TPSA) is 77.3 Å². The predicted octanol–water partition coefficient (Wildman–Crippen LogP) is 4.95. The number of ketones is 1.